The molecule has 0 saturated heterocycles. The molecule has 0 atom stereocenters. The zero-order valence-corrected chi connectivity index (χ0v) is 13.6. The Morgan fingerprint density at radius 1 is 1.10 bits per heavy atom. The number of nitrogens with zero attached hydrogens (tertiary/aromatic N) is 2. The van der Waals surface area contributed by atoms with E-state index < -0.39 is 0 Å². The zero-order valence-electron chi connectivity index (χ0n) is 12.9. The maximum absolute atomic E-state index is 6.40. The molecule has 1 aromatic heterocycles. The highest BCUT2D eigenvalue weighted by Gasteiger charge is 2.28. The van der Waals surface area contributed by atoms with Crippen molar-refractivity contribution in [1.29, 1.82) is 0 Å². The van der Waals surface area contributed by atoms with Crippen LogP contribution in [0.3, 0.4) is 0 Å². The van der Waals surface area contributed by atoms with Crippen LogP contribution < -0.4 is 0 Å². The van der Waals surface area contributed by atoms with Crippen LogP contribution in [0.15, 0.2) is 35.3 Å². The molecule has 2 heterocycles. The van der Waals surface area contributed by atoms with Crippen LogP contribution in [-0.4, -0.2) is 16.2 Å². The molecule has 0 spiro atoms. The van der Waals surface area contributed by atoms with Gasteiger partial charge < -0.3 is 0 Å². The molecule has 0 aliphatic carbocycles. The fourth-order valence-electron chi connectivity index (χ4n) is 2.82. The molecule has 1 aliphatic heterocycles. The SMILES string of the molecule is Cc1cc(C2=NC(C)(C)Cc3ccccc32)c(Cl)nc1C. The number of aromatic nitrogens is 1. The van der Waals surface area contributed by atoms with Gasteiger partial charge in [0.1, 0.15) is 5.15 Å². The van der Waals surface area contributed by atoms with Gasteiger partial charge in [-0.3, -0.25) is 4.99 Å². The van der Waals surface area contributed by atoms with E-state index in [1.54, 1.807) is 0 Å². The van der Waals surface area contributed by atoms with Gasteiger partial charge >= 0.3 is 0 Å². The van der Waals surface area contributed by atoms with Crippen LogP contribution in [0.1, 0.15) is 41.8 Å². The molecule has 0 amide bonds. The fourth-order valence-corrected chi connectivity index (χ4v) is 3.09. The first-order valence-electron chi connectivity index (χ1n) is 7.20. The Balaban J connectivity index is 2.25. The summed E-state index contributed by atoms with van der Waals surface area (Å²) in [5.41, 5.74) is 6.37. The van der Waals surface area contributed by atoms with Gasteiger partial charge in [0.2, 0.25) is 0 Å². The van der Waals surface area contributed by atoms with Gasteiger partial charge in [0.15, 0.2) is 0 Å². The third-order valence-electron chi connectivity index (χ3n) is 3.98. The van der Waals surface area contributed by atoms with E-state index in [-0.39, 0.29) is 5.54 Å². The standard InChI is InChI=1S/C18H19ClN2/c1-11-9-15(17(19)20-12(11)2)16-14-8-6-5-7-13(14)10-18(3,4)21-16/h5-9H,10H2,1-4H3. The molecule has 1 aromatic carbocycles. The second-order valence-electron chi connectivity index (χ2n) is 6.34. The van der Waals surface area contributed by atoms with Gasteiger partial charge in [-0.1, -0.05) is 35.9 Å². The van der Waals surface area contributed by atoms with E-state index >= 15 is 0 Å². The van der Waals surface area contributed by atoms with Crippen LogP contribution in [0.5, 0.6) is 0 Å². The molecular weight excluding hydrogens is 280 g/mol. The second kappa shape index (κ2) is 4.96. The molecule has 0 radical (unpaired) electrons. The van der Waals surface area contributed by atoms with Crippen molar-refractivity contribution in [3.8, 4) is 0 Å². The van der Waals surface area contributed by atoms with Crippen molar-refractivity contribution in [3.05, 3.63) is 63.4 Å². The minimum atomic E-state index is -0.119. The van der Waals surface area contributed by atoms with Crippen molar-refractivity contribution in [1.82, 2.24) is 4.98 Å². The Bertz CT molecular complexity index is 745. The van der Waals surface area contributed by atoms with Gasteiger partial charge in [-0.2, -0.15) is 0 Å². The minimum absolute atomic E-state index is 0.119. The minimum Gasteiger partial charge on any atom is -0.278 e. The second-order valence-corrected chi connectivity index (χ2v) is 6.69. The quantitative estimate of drug-likeness (QED) is 0.710. The van der Waals surface area contributed by atoms with Crippen LogP contribution in [0.2, 0.25) is 5.15 Å². The summed E-state index contributed by atoms with van der Waals surface area (Å²) < 4.78 is 0. The lowest BCUT2D eigenvalue weighted by Crippen LogP contribution is -2.29. The summed E-state index contributed by atoms with van der Waals surface area (Å²) in [7, 11) is 0. The van der Waals surface area contributed by atoms with Crippen molar-refractivity contribution >= 4 is 17.3 Å². The first-order chi connectivity index (χ1) is 9.87. The molecule has 2 nitrogen and oxygen atoms in total. The molecule has 3 heteroatoms. The van der Waals surface area contributed by atoms with Crippen molar-refractivity contribution < 1.29 is 0 Å². The third kappa shape index (κ3) is 2.60. The number of pyridine rings is 1. The predicted molar refractivity (Wildman–Crippen MR) is 88.6 cm³/mol. The summed E-state index contributed by atoms with van der Waals surface area (Å²) in [5, 5.41) is 0.532. The molecular formula is C18H19ClN2. The van der Waals surface area contributed by atoms with Crippen LogP contribution in [0.4, 0.5) is 0 Å². The molecule has 0 saturated carbocycles. The Hall–Kier alpha value is -1.67. The van der Waals surface area contributed by atoms with E-state index in [9.17, 15) is 0 Å². The Labute approximate surface area is 130 Å². The van der Waals surface area contributed by atoms with Crippen LogP contribution in [0.25, 0.3) is 0 Å². The molecule has 3 rings (SSSR count). The van der Waals surface area contributed by atoms with Crippen LogP contribution in [0, 0.1) is 13.8 Å². The number of hydrogen-bond acceptors (Lipinski definition) is 2. The number of benzene rings is 1. The van der Waals surface area contributed by atoms with Crippen molar-refractivity contribution in [2.24, 2.45) is 4.99 Å². The van der Waals surface area contributed by atoms with Gasteiger partial charge in [0, 0.05) is 16.8 Å². The summed E-state index contributed by atoms with van der Waals surface area (Å²) in [6.45, 7) is 8.35. The highest BCUT2D eigenvalue weighted by atomic mass is 35.5. The van der Waals surface area contributed by atoms with E-state index in [0.717, 1.165) is 29.0 Å². The van der Waals surface area contributed by atoms with Gasteiger partial charge in [-0.05, 0) is 51.3 Å². The fraction of sp³-hybridized carbons (Fsp3) is 0.333. The highest BCUT2D eigenvalue weighted by Crippen LogP contribution is 2.31. The Kier molecular flexibility index (Phi) is 3.37. The number of aliphatic imine (C=N–C) groups is 1. The highest BCUT2D eigenvalue weighted by molar-refractivity contribution is 6.34. The largest absolute Gasteiger partial charge is 0.278 e. The van der Waals surface area contributed by atoms with Gasteiger partial charge in [0.05, 0.1) is 11.3 Å². The molecule has 1 aliphatic rings. The molecule has 108 valence electrons. The Morgan fingerprint density at radius 2 is 1.81 bits per heavy atom. The topological polar surface area (TPSA) is 25.2 Å². The molecule has 21 heavy (non-hydrogen) atoms. The lowest BCUT2D eigenvalue weighted by molar-refractivity contribution is 0.513. The number of fused-ring (bicyclic) bond motifs is 1. The maximum atomic E-state index is 6.40. The van der Waals surface area contributed by atoms with Crippen molar-refractivity contribution in [2.45, 2.75) is 39.7 Å². The zero-order chi connectivity index (χ0) is 15.2. The van der Waals surface area contributed by atoms with Crippen molar-refractivity contribution in [2.75, 3.05) is 0 Å². The summed E-state index contributed by atoms with van der Waals surface area (Å²) in [6, 6.07) is 10.5. The van der Waals surface area contributed by atoms with E-state index in [1.165, 1.54) is 11.1 Å². The van der Waals surface area contributed by atoms with Gasteiger partial charge in [-0.25, -0.2) is 4.98 Å². The number of aryl methyl sites for hydroxylation is 2. The van der Waals surface area contributed by atoms with Crippen molar-refractivity contribution in [3.63, 3.8) is 0 Å². The number of halogens is 1. The average molecular weight is 299 g/mol. The molecule has 0 bridgehead atoms. The monoisotopic (exact) mass is 298 g/mol. The summed E-state index contributed by atoms with van der Waals surface area (Å²) in [6.07, 6.45) is 0.947. The first kappa shape index (κ1) is 14.3. The maximum Gasteiger partial charge on any atom is 0.138 e. The van der Waals surface area contributed by atoms with Gasteiger partial charge in [0.25, 0.3) is 0 Å². The molecule has 0 fully saturated rings. The first-order valence-corrected chi connectivity index (χ1v) is 7.57. The number of rotatable bonds is 1. The van der Waals surface area contributed by atoms with Crippen LogP contribution >= 0.6 is 11.6 Å². The summed E-state index contributed by atoms with van der Waals surface area (Å²) in [4.78, 5) is 9.40. The lowest BCUT2D eigenvalue weighted by Gasteiger charge is -2.29. The van der Waals surface area contributed by atoms with Crippen LogP contribution in [-0.2, 0) is 6.42 Å². The van der Waals surface area contributed by atoms with E-state index in [2.05, 4.69) is 56.1 Å². The summed E-state index contributed by atoms with van der Waals surface area (Å²) >= 11 is 6.40. The lowest BCUT2D eigenvalue weighted by atomic mass is 9.85. The third-order valence-corrected chi connectivity index (χ3v) is 4.27. The smallest absolute Gasteiger partial charge is 0.138 e. The Morgan fingerprint density at radius 3 is 2.57 bits per heavy atom. The predicted octanol–water partition coefficient (Wildman–Crippen LogP) is 4.52. The molecule has 0 N–H and O–H groups in total. The molecule has 0 unspecified atom stereocenters. The van der Waals surface area contributed by atoms with E-state index in [0.29, 0.717) is 5.15 Å². The normalized spacial score (nSPS) is 16.3. The van der Waals surface area contributed by atoms with E-state index in [1.807, 2.05) is 6.92 Å². The average Bonchev–Trinajstić information content (AvgIpc) is 2.41. The number of hydrogen-bond donors (Lipinski definition) is 0. The van der Waals surface area contributed by atoms with E-state index in [4.69, 9.17) is 16.6 Å². The molecule has 2 aromatic rings. The summed E-state index contributed by atoms with van der Waals surface area (Å²) in [5.74, 6) is 0. The van der Waals surface area contributed by atoms with Gasteiger partial charge in [-0.15, -0.1) is 0 Å².